The quantitative estimate of drug-likeness (QED) is 0.609. The summed E-state index contributed by atoms with van der Waals surface area (Å²) in [4.78, 5) is 9.13. The van der Waals surface area contributed by atoms with E-state index in [1.807, 2.05) is 7.05 Å². The molecule has 0 aliphatic carbocycles. The standard InChI is InChI=1S/C14H30N4/c1-6-17(5)8-7-16-14(15-4)18-10-12(2)9-13(3)11-18/h12-13H,6-11H2,1-5H3,(H,15,16). The summed E-state index contributed by atoms with van der Waals surface area (Å²) in [5.41, 5.74) is 0. The van der Waals surface area contributed by atoms with Crippen LogP contribution in [0.2, 0.25) is 0 Å². The second-order valence-corrected chi connectivity index (χ2v) is 5.72. The van der Waals surface area contributed by atoms with Crippen LogP contribution in [0.1, 0.15) is 27.2 Å². The predicted molar refractivity (Wildman–Crippen MR) is 79.1 cm³/mol. The lowest BCUT2D eigenvalue weighted by molar-refractivity contribution is 0.208. The SMILES string of the molecule is CCN(C)CCNC(=NC)N1CC(C)CC(C)C1. The second-order valence-electron chi connectivity index (χ2n) is 5.72. The Morgan fingerprint density at radius 1 is 1.33 bits per heavy atom. The Hall–Kier alpha value is -0.770. The third-order valence-corrected chi connectivity index (χ3v) is 3.70. The van der Waals surface area contributed by atoms with E-state index in [2.05, 4.69) is 47.9 Å². The highest BCUT2D eigenvalue weighted by molar-refractivity contribution is 5.80. The summed E-state index contributed by atoms with van der Waals surface area (Å²) < 4.78 is 0. The number of likely N-dealkylation sites (N-methyl/N-ethyl adjacent to an activating group) is 1. The fourth-order valence-electron chi connectivity index (χ4n) is 2.68. The molecular weight excluding hydrogens is 224 g/mol. The Kier molecular flexibility index (Phi) is 6.47. The van der Waals surface area contributed by atoms with Crippen molar-refractivity contribution in [3.8, 4) is 0 Å². The molecule has 0 saturated carbocycles. The zero-order valence-electron chi connectivity index (χ0n) is 12.7. The molecule has 0 amide bonds. The fourth-order valence-corrected chi connectivity index (χ4v) is 2.68. The fraction of sp³-hybridized carbons (Fsp3) is 0.929. The first kappa shape index (κ1) is 15.3. The van der Waals surface area contributed by atoms with Gasteiger partial charge in [-0.2, -0.15) is 0 Å². The van der Waals surface area contributed by atoms with Crippen molar-refractivity contribution >= 4 is 5.96 Å². The van der Waals surface area contributed by atoms with Crippen LogP contribution in [0.3, 0.4) is 0 Å². The predicted octanol–water partition coefficient (Wildman–Crippen LogP) is 1.49. The molecule has 1 heterocycles. The average Bonchev–Trinajstić information content (AvgIpc) is 2.33. The molecule has 0 bridgehead atoms. The molecule has 1 N–H and O–H groups in total. The Morgan fingerprint density at radius 2 is 1.94 bits per heavy atom. The maximum absolute atomic E-state index is 4.42. The van der Waals surface area contributed by atoms with Crippen molar-refractivity contribution in [2.24, 2.45) is 16.8 Å². The number of piperidine rings is 1. The van der Waals surface area contributed by atoms with E-state index in [-0.39, 0.29) is 0 Å². The van der Waals surface area contributed by atoms with Crippen LogP contribution in [0.5, 0.6) is 0 Å². The van der Waals surface area contributed by atoms with Gasteiger partial charge in [-0.05, 0) is 31.8 Å². The zero-order chi connectivity index (χ0) is 13.5. The van der Waals surface area contributed by atoms with Gasteiger partial charge in [0.2, 0.25) is 0 Å². The van der Waals surface area contributed by atoms with Crippen molar-refractivity contribution in [2.75, 3.05) is 46.8 Å². The van der Waals surface area contributed by atoms with Gasteiger partial charge in [-0.1, -0.05) is 20.8 Å². The number of likely N-dealkylation sites (tertiary alicyclic amines) is 1. The van der Waals surface area contributed by atoms with Crippen molar-refractivity contribution in [3.63, 3.8) is 0 Å². The van der Waals surface area contributed by atoms with Gasteiger partial charge >= 0.3 is 0 Å². The Bertz CT molecular complexity index is 255. The van der Waals surface area contributed by atoms with Gasteiger partial charge in [-0.3, -0.25) is 4.99 Å². The van der Waals surface area contributed by atoms with Gasteiger partial charge < -0.3 is 15.1 Å². The minimum atomic E-state index is 0.769. The van der Waals surface area contributed by atoms with Crippen LogP contribution in [0.4, 0.5) is 0 Å². The summed E-state index contributed by atoms with van der Waals surface area (Å²) in [6, 6.07) is 0. The zero-order valence-corrected chi connectivity index (χ0v) is 12.7. The van der Waals surface area contributed by atoms with E-state index in [1.54, 1.807) is 0 Å². The van der Waals surface area contributed by atoms with Crippen molar-refractivity contribution in [3.05, 3.63) is 0 Å². The summed E-state index contributed by atoms with van der Waals surface area (Å²) in [6.07, 6.45) is 1.34. The molecular formula is C14H30N4. The first-order chi connectivity index (χ1) is 8.56. The lowest BCUT2D eigenvalue weighted by Crippen LogP contribution is -2.49. The van der Waals surface area contributed by atoms with E-state index < -0.39 is 0 Å². The number of nitrogens with one attached hydrogen (secondary N) is 1. The molecule has 4 nitrogen and oxygen atoms in total. The van der Waals surface area contributed by atoms with Crippen LogP contribution in [-0.4, -0.2) is 62.6 Å². The van der Waals surface area contributed by atoms with Gasteiger partial charge in [0.25, 0.3) is 0 Å². The lowest BCUT2D eigenvalue weighted by Gasteiger charge is -2.37. The van der Waals surface area contributed by atoms with Gasteiger partial charge in [-0.25, -0.2) is 0 Å². The van der Waals surface area contributed by atoms with Gasteiger partial charge in [0.1, 0.15) is 0 Å². The highest BCUT2D eigenvalue weighted by atomic mass is 15.3. The molecule has 1 saturated heterocycles. The Morgan fingerprint density at radius 3 is 2.44 bits per heavy atom. The molecule has 1 aliphatic rings. The van der Waals surface area contributed by atoms with E-state index in [0.29, 0.717) is 0 Å². The summed E-state index contributed by atoms with van der Waals surface area (Å²) >= 11 is 0. The third-order valence-electron chi connectivity index (χ3n) is 3.70. The summed E-state index contributed by atoms with van der Waals surface area (Å²) in [5.74, 6) is 2.61. The second kappa shape index (κ2) is 7.62. The van der Waals surface area contributed by atoms with Crippen LogP contribution in [0.25, 0.3) is 0 Å². The minimum Gasteiger partial charge on any atom is -0.355 e. The summed E-state index contributed by atoms with van der Waals surface area (Å²) in [6.45, 7) is 12.2. The molecule has 18 heavy (non-hydrogen) atoms. The van der Waals surface area contributed by atoms with E-state index in [9.17, 15) is 0 Å². The largest absolute Gasteiger partial charge is 0.355 e. The number of hydrogen-bond acceptors (Lipinski definition) is 2. The van der Waals surface area contributed by atoms with Crippen LogP contribution in [0.15, 0.2) is 4.99 Å². The van der Waals surface area contributed by atoms with Gasteiger partial charge in [0, 0.05) is 33.2 Å². The smallest absolute Gasteiger partial charge is 0.193 e. The van der Waals surface area contributed by atoms with Crippen LogP contribution < -0.4 is 5.32 Å². The Balaban J connectivity index is 2.41. The van der Waals surface area contributed by atoms with E-state index >= 15 is 0 Å². The molecule has 0 aromatic rings. The summed E-state index contributed by atoms with van der Waals surface area (Å²) in [5, 5.41) is 3.48. The molecule has 1 rings (SSSR count). The molecule has 0 spiro atoms. The van der Waals surface area contributed by atoms with E-state index in [1.165, 1.54) is 6.42 Å². The maximum Gasteiger partial charge on any atom is 0.193 e. The first-order valence-corrected chi connectivity index (χ1v) is 7.20. The minimum absolute atomic E-state index is 0.769. The molecule has 0 aromatic heterocycles. The highest BCUT2D eigenvalue weighted by Gasteiger charge is 2.23. The number of aliphatic imine (C=N–C) groups is 1. The molecule has 0 radical (unpaired) electrons. The number of hydrogen-bond donors (Lipinski definition) is 1. The summed E-state index contributed by atoms with van der Waals surface area (Å²) in [7, 11) is 4.03. The van der Waals surface area contributed by atoms with Crippen molar-refractivity contribution in [2.45, 2.75) is 27.2 Å². The van der Waals surface area contributed by atoms with Crippen molar-refractivity contribution < 1.29 is 0 Å². The number of rotatable bonds is 4. The van der Waals surface area contributed by atoms with Crippen LogP contribution in [-0.2, 0) is 0 Å². The molecule has 2 unspecified atom stereocenters. The topological polar surface area (TPSA) is 30.9 Å². The van der Waals surface area contributed by atoms with E-state index in [4.69, 9.17) is 0 Å². The number of guanidine groups is 1. The first-order valence-electron chi connectivity index (χ1n) is 7.20. The maximum atomic E-state index is 4.42. The van der Waals surface area contributed by atoms with Crippen molar-refractivity contribution in [1.29, 1.82) is 0 Å². The van der Waals surface area contributed by atoms with Crippen LogP contribution >= 0.6 is 0 Å². The van der Waals surface area contributed by atoms with Crippen LogP contribution in [0, 0.1) is 11.8 Å². The normalized spacial score (nSPS) is 25.7. The Labute approximate surface area is 112 Å². The number of nitrogens with zero attached hydrogens (tertiary/aromatic N) is 3. The van der Waals surface area contributed by atoms with Gasteiger partial charge in [0.05, 0.1) is 0 Å². The average molecular weight is 254 g/mol. The monoisotopic (exact) mass is 254 g/mol. The molecule has 1 aliphatic heterocycles. The van der Waals surface area contributed by atoms with E-state index in [0.717, 1.165) is 50.5 Å². The molecule has 2 atom stereocenters. The molecule has 4 heteroatoms. The molecule has 1 fully saturated rings. The molecule has 106 valence electrons. The van der Waals surface area contributed by atoms with Gasteiger partial charge in [0.15, 0.2) is 5.96 Å². The molecule has 0 aromatic carbocycles. The third kappa shape index (κ3) is 4.84. The highest BCUT2D eigenvalue weighted by Crippen LogP contribution is 2.20. The lowest BCUT2D eigenvalue weighted by atomic mass is 9.92. The van der Waals surface area contributed by atoms with Crippen molar-refractivity contribution in [1.82, 2.24) is 15.1 Å². The van der Waals surface area contributed by atoms with Gasteiger partial charge in [-0.15, -0.1) is 0 Å².